The first kappa shape index (κ1) is 14.2. The fourth-order valence-corrected chi connectivity index (χ4v) is 3.94. The summed E-state index contributed by atoms with van der Waals surface area (Å²) >= 11 is 6.33. The van der Waals surface area contributed by atoms with Gasteiger partial charge in [0.1, 0.15) is 0 Å². The van der Waals surface area contributed by atoms with E-state index in [4.69, 9.17) is 11.6 Å². The van der Waals surface area contributed by atoms with Gasteiger partial charge in [0.05, 0.1) is 0 Å². The predicted molar refractivity (Wildman–Crippen MR) is 86.8 cm³/mol. The number of hydrogen-bond acceptors (Lipinski definition) is 2. The second-order valence-corrected chi connectivity index (χ2v) is 6.90. The first-order valence-electron chi connectivity index (χ1n) is 7.91. The molecule has 1 N–H and O–H groups in total. The van der Waals surface area contributed by atoms with Gasteiger partial charge in [0.25, 0.3) is 0 Å². The predicted octanol–water partition coefficient (Wildman–Crippen LogP) is 4.15. The molecule has 1 aliphatic carbocycles. The summed E-state index contributed by atoms with van der Waals surface area (Å²) in [5.41, 5.74) is 2.80. The average molecular weight is 293 g/mol. The second-order valence-electron chi connectivity index (χ2n) is 6.49. The summed E-state index contributed by atoms with van der Waals surface area (Å²) in [7, 11) is 0. The highest BCUT2D eigenvalue weighted by atomic mass is 35.5. The van der Waals surface area contributed by atoms with Crippen LogP contribution in [-0.2, 0) is 0 Å². The Balaban J connectivity index is 1.88. The van der Waals surface area contributed by atoms with Crippen LogP contribution in [-0.4, -0.2) is 24.7 Å². The summed E-state index contributed by atoms with van der Waals surface area (Å²) in [6.07, 6.45) is 6.55. The first-order chi connectivity index (χ1) is 9.63. The average Bonchev–Trinajstić information content (AvgIpc) is 2.90. The van der Waals surface area contributed by atoms with Crippen LogP contribution >= 0.6 is 11.6 Å². The number of hydrogen-bond donors (Lipinski definition) is 1. The van der Waals surface area contributed by atoms with Crippen LogP contribution in [0.1, 0.15) is 44.6 Å². The summed E-state index contributed by atoms with van der Waals surface area (Å²) < 4.78 is 0. The molecule has 110 valence electrons. The van der Waals surface area contributed by atoms with Crippen molar-refractivity contribution in [2.45, 2.75) is 57.5 Å². The van der Waals surface area contributed by atoms with Gasteiger partial charge in [-0.3, -0.25) is 0 Å². The van der Waals surface area contributed by atoms with Crippen molar-refractivity contribution in [3.05, 3.63) is 28.8 Å². The molecule has 0 aromatic heterocycles. The normalized spacial score (nSPS) is 25.4. The second kappa shape index (κ2) is 5.57. The maximum atomic E-state index is 6.33. The van der Waals surface area contributed by atoms with E-state index >= 15 is 0 Å². The molecule has 2 fully saturated rings. The number of rotatable bonds is 2. The number of benzene rings is 1. The lowest BCUT2D eigenvalue weighted by Crippen LogP contribution is -2.63. The Morgan fingerprint density at radius 3 is 2.75 bits per heavy atom. The van der Waals surface area contributed by atoms with Gasteiger partial charge in [-0.25, -0.2) is 0 Å². The van der Waals surface area contributed by atoms with Crippen LogP contribution in [0, 0.1) is 6.92 Å². The fourth-order valence-electron chi connectivity index (χ4n) is 3.77. The van der Waals surface area contributed by atoms with Crippen LogP contribution in [0.2, 0.25) is 5.02 Å². The lowest BCUT2D eigenvalue weighted by molar-refractivity contribution is 0.267. The Labute approximate surface area is 127 Å². The summed E-state index contributed by atoms with van der Waals surface area (Å²) in [5, 5.41) is 4.73. The van der Waals surface area contributed by atoms with Crippen molar-refractivity contribution in [3.8, 4) is 0 Å². The van der Waals surface area contributed by atoms with Gasteiger partial charge in [0.2, 0.25) is 0 Å². The Morgan fingerprint density at radius 1 is 1.35 bits per heavy atom. The molecular weight excluding hydrogens is 268 g/mol. The maximum absolute atomic E-state index is 6.33. The Kier molecular flexibility index (Phi) is 3.96. The van der Waals surface area contributed by atoms with Crippen LogP contribution in [0.3, 0.4) is 0 Å². The Bertz CT molecular complexity index is 480. The van der Waals surface area contributed by atoms with E-state index in [2.05, 4.69) is 42.3 Å². The van der Waals surface area contributed by atoms with Crippen molar-refractivity contribution in [1.29, 1.82) is 0 Å². The van der Waals surface area contributed by atoms with Gasteiger partial charge < -0.3 is 10.2 Å². The molecule has 1 saturated carbocycles. The minimum atomic E-state index is 0.350. The van der Waals surface area contributed by atoms with E-state index in [1.165, 1.54) is 37.8 Å². The van der Waals surface area contributed by atoms with Gasteiger partial charge in [-0.05, 0) is 43.9 Å². The quantitative estimate of drug-likeness (QED) is 0.881. The highest BCUT2D eigenvalue weighted by molar-refractivity contribution is 6.31. The molecule has 1 atom stereocenters. The van der Waals surface area contributed by atoms with Crippen molar-refractivity contribution < 1.29 is 0 Å². The van der Waals surface area contributed by atoms with Gasteiger partial charge in [0, 0.05) is 35.4 Å². The van der Waals surface area contributed by atoms with Crippen molar-refractivity contribution in [1.82, 2.24) is 5.32 Å². The monoisotopic (exact) mass is 292 g/mol. The van der Waals surface area contributed by atoms with Crippen LogP contribution in [0.25, 0.3) is 0 Å². The third kappa shape index (κ3) is 2.56. The number of nitrogens with zero attached hydrogens (tertiary/aromatic N) is 1. The van der Waals surface area contributed by atoms with E-state index in [1.807, 2.05) is 0 Å². The molecule has 1 unspecified atom stereocenters. The van der Waals surface area contributed by atoms with Gasteiger partial charge in [-0.1, -0.05) is 37.4 Å². The highest BCUT2D eigenvalue weighted by Crippen LogP contribution is 2.36. The minimum absolute atomic E-state index is 0.350. The topological polar surface area (TPSA) is 15.3 Å². The highest BCUT2D eigenvalue weighted by Gasteiger charge is 2.40. The summed E-state index contributed by atoms with van der Waals surface area (Å²) in [6, 6.07) is 7.11. The summed E-state index contributed by atoms with van der Waals surface area (Å²) in [6.45, 7) is 6.58. The smallest absolute Gasteiger partial charge is 0.0455 e. The molecule has 3 heteroatoms. The zero-order valence-electron chi connectivity index (χ0n) is 12.6. The number of piperazine rings is 1. The number of aryl methyl sites for hydroxylation is 1. The Morgan fingerprint density at radius 2 is 2.10 bits per heavy atom. The minimum Gasteiger partial charge on any atom is -0.365 e. The van der Waals surface area contributed by atoms with E-state index < -0.39 is 0 Å². The van der Waals surface area contributed by atoms with E-state index in [0.29, 0.717) is 11.6 Å². The molecule has 1 aromatic rings. The van der Waals surface area contributed by atoms with Gasteiger partial charge >= 0.3 is 0 Å². The molecule has 1 aromatic carbocycles. The van der Waals surface area contributed by atoms with Gasteiger partial charge in [0.15, 0.2) is 0 Å². The molecule has 1 heterocycles. The van der Waals surface area contributed by atoms with E-state index in [-0.39, 0.29) is 0 Å². The molecule has 3 rings (SSSR count). The first-order valence-corrected chi connectivity index (χ1v) is 8.29. The molecule has 2 nitrogen and oxygen atoms in total. The summed E-state index contributed by atoms with van der Waals surface area (Å²) in [5.74, 6) is 0. The molecule has 20 heavy (non-hydrogen) atoms. The molecule has 0 radical (unpaired) electrons. The SMILES string of the molecule is CCC1CNC2(CCCC2)CN1c1ccc(C)c(Cl)c1. The van der Waals surface area contributed by atoms with Crippen molar-refractivity contribution in [2.75, 3.05) is 18.0 Å². The van der Waals surface area contributed by atoms with Gasteiger partial charge in [-0.15, -0.1) is 0 Å². The molecule has 0 amide bonds. The largest absolute Gasteiger partial charge is 0.365 e. The van der Waals surface area contributed by atoms with Gasteiger partial charge in [-0.2, -0.15) is 0 Å². The third-order valence-electron chi connectivity index (χ3n) is 5.15. The van der Waals surface area contributed by atoms with Crippen LogP contribution in [0.4, 0.5) is 5.69 Å². The standard InChI is InChI=1S/C17H25ClN2/c1-3-14-11-19-17(8-4-5-9-17)12-20(14)15-7-6-13(2)16(18)10-15/h6-7,10,14,19H,3-5,8-9,11-12H2,1-2H3. The van der Waals surface area contributed by atoms with Crippen LogP contribution in [0.5, 0.6) is 0 Å². The van der Waals surface area contributed by atoms with Crippen LogP contribution < -0.4 is 10.2 Å². The van der Waals surface area contributed by atoms with E-state index in [0.717, 1.165) is 23.7 Å². The van der Waals surface area contributed by atoms with Crippen molar-refractivity contribution in [2.24, 2.45) is 0 Å². The number of halogens is 1. The molecule has 1 aliphatic heterocycles. The number of anilines is 1. The number of nitrogens with one attached hydrogen (secondary N) is 1. The van der Waals surface area contributed by atoms with Crippen molar-refractivity contribution >= 4 is 17.3 Å². The molecule has 2 aliphatic rings. The molecule has 1 spiro atoms. The third-order valence-corrected chi connectivity index (χ3v) is 5.55. The van der Waals surface area contributed by atoms with E-state index in [9.17, 15) is 0 Å². The molecule has 0 bridgehead atoms. The summed E-state index contributed by atoms with van der Waals surface area (Å²) in [4.78, 5) is 2.59. The molecule has 1 saturated heterocycles. The Hall–Kier alpha value is -0.730. The van der Waals surface area contributed by atoms with Crippen LogP contribution in [0.15, 0.2) is 18.2 Å². The zero-order valence-corrected chi connectivity index (χ0v) is 13.3. The molecular formula is C17H25ClN2. The zero-order chi connectivity index (χ0) is 14.2. The lowest BCUT2D eigenvalue weighted by Gasteiger charge is -2.47. The maximum Gasteiger partial charge on any atom is 0.0455 e. The van der Waals surface area contributed by atoms with Crippen molar-refractivity contribution in [3.63, 3.8) is 0 Å². The fraction of sp³-hybridized carbons (Fsp3) is 0.647. The lowest BCUT2D eigenvalue weighted by atomic mass is 9.91. The van der Waals surface area contributed by atoms with E-state index in [1.54, 1.807) is 0 Å².